The maximum absolute atomic E-state index is 12.0. The summed E-state index contributed by atoms with van der Waals surface area (Å²) in [6.45, 7) is 2.02. The second-order valence-electron chi connectivity index (χ2n) is 7.22. The molecular formula is C21H22N4O4. The van der Waals surface area contributed by atoms with Gasteiger partial charge in [0, 0.05) is 11.6 Å². The number of fused-ring (bicyclic) bond motifs is 1. The van der Waals surface area contributed by atoms with E-state index in [1.807, 2.05) is 35.2 Å². The number of hydrogen-bond acceptors (Lipinski definition) is 6. The number of nitrogens with zero attached hydrogens (tertiary/aromatic N) is 4. The molecule has 0 bridgehead atoms. The molecule has 0 unspecified atom stereocenters. The van der Waals surface area contributed by atoms with E-state index in [1.54, 1.807) is 6.20 Å². The summed E-state index contributed by atoms with van der Waals surface area (Å²) in [6, 6.07) is 12.4. The maximum Gasteiger partial charge on any atom is 0.286 e. The molecule has 0 saturated carbocycles. The van der Waals surface area contributed by atoms with Crippen molar-refractivity contribution >= 4 is 22.4 Å². The minimum atomic E-state index is -0.476. The van der Waals surface area contributed by atoms with Gasteiger partial charge in [0.15, 0.2) is 0 Å². The Labute approximate surface area is 168 Å². The fourth-order valence-corrected chi connectivity index (χ4v) is 3.80. The number of benzene rings is 1. The van der Waals surface area contributed by atoms with E-state index in [9.17, 15) is 15.3 Å². The van der Waals surface area contributed by atoms with Gasteiger partial charge in [0.1, 0.15) is 18.0 Å². The van der Waals surface area contributed by atoms with Gasteiger partial charge in [-0.2, -0.15) is 0 Å². The van der Waals surface area contributed by atoms with E-state index in [0.717, 1.165) is 35.9 Å². The van der Waals surface area contributed by atoms with Crippen molar-refractivity contribution in [2.24, 2.45) is 5.92 Å². The van der Waals surface area contributed by atoms with Crippen LogP contribution in [0.4, 0.5) is 11.5 Å². The van der Waals surface area contributed by atoms with Gasteiger partial charge in [-0.25, -0.2) is 4.73 Å². The van der Waals surface area contributed by atoms with Crippen LogP contribution in [0.5, 0.6) is 5.75 Å². The molecule has 1 saturated heterocycles. The van der Waals surface area contributed by atoms with Crippen LogP contribution in [0.15, 0.2) is 54.9 Å². The summed E-state index contributed by atoms with van der Waals surface area (Å²) in [6.07, 6.45) is 5.74. The second kappa shape index (κ2) is 8.30. The van der Waals surface area contributed by atoms with Crippen LogP contribution in [-0.4, -0.2) is 29.6 Å². The van der Waals surface area contributed by atoms with Gasteiger partial charge in [0.05, 0.1) is 36.2 Å². The Morgan fingerprint density at radius 3 is 2.83 bits per heavy atom. The fraction of sp³-hybridized carbons (Fsp3) is 0.333. The molecule has 29 heavy (non-hydrogen) atoms. The summed E-state index contributed by atoms with van der Waals surface area (Å²) in [5.41, 5.74) is 0.855. The lowest BCUT2D eigenvalue weighted by Crippen LogP contribution is -2.42. The van der Waals surface area contributed by atoms with Crippen LogP contribution < -0.4 is 14.4 Å². The summed E-state index contributed by atoms with van der Waals surface area (Å²) in [4.78, 5) is 16.8. The highest BCUT2D eigenvalue weighted by Gasteiger charge is 2.27. The molecule has 1 aromatic carbocycles. The highest BCUT2D eigenvalue weighted by Crippen LogP contribution is 2.27. The normalized spacial score (nSPS) is 14.8. The highest BCUT2D eigenvalue weighted by molar-refractivity contribution is 5.84. The molecule has 0 radical (unpaired) electrons. The van der Waals surface area contributed by atoms with Crippen molar-refractivity contribution in [2.75, 3.05) is 24.6 Å². The molecule has 8 nitrogen and oxygen atoms in total. The third-order valence-electron chi connectivity index (χ3n) is 5.42. The number of aromatic nitrogens is 2. The van der Waals surface area contributed by atoms with Gasteiger partial charge in [-0.05, 0) is 49.4 Å². The third-order valence-corrected chi connectivity index (χ3v) is 5.42. The number of piperidine rings is 1. The zero-order valence-corrected chi connectivity index (χ0v) is 15.9. The monoisotopic (exact) mass is 394 g/mol. The average molecular weight is 394 g/mol. The Morgan fingerprint density at radius 2 is 2.03 bits per heavy atom. The van der Waals surface area contributed by atoms with E-state index in [4.69, 9.17) is 4.74 Å². The molecule has 8 heteroatoms. The topological polar surface area (TPSA) is 95.4 Å². The Hall–Kier alpha value is -3.42. The first-order chi connectivity index (χ1) is 14.1. The minimum Gasteiger partial charge on any atom is -0.711 e. The molecule has 0 atom stereocenters. The number of hydrogen-bond donors (Lipinski definition) is 0. The largest absolute Gasteiger partial charge is 0.711 e. The van der Waals surface area contributed by atoms with E-state index < -0.39 is 4.92 Å². The Kier molecular flexibility index (Phi) is 5.41. The molecule has 0 N–H and O–H groups in total. The lowest BCUT2D eigenvalue weighted by Gasteiger charge is -2.29. The van der Waals surface area contributed by atoms with Gasteiger partial charge in [0.2, 0.25) is 0 Å². The summed E-state index contributed by atoms with van der Waals surface area (Å²) >= 11 is 0. The minimum absolute atomic E-state index is 0.0628. The molecule has 150 valence electrons. The van der Waals surface area contributed by atoms with E-state index in [0.29, 0.717) is 36.2 Å². The van der Waals surface area contributed by atoms with Crippen molar-refractivity contribution in [1.82, 2.24) is 4.98 Å². The average Bonchev–Trinajstić information content (AvgIpc) is 2.75. The number of pyridine rings is 2. The van der Waals surface area contributed by atoms with Crippen LogP contribution in [0.1, 0.15) is 19.3 Å². The summed E-state index contributed by atoms with van der Waals surface area (Å²) in [5, 5.41) is 24.0. The standard InChI is InChI=1S/C21H22N4O4/c26-24-13-8-17(25(27)28)15-21(24)23-11-6-16(7-12-23)9-14-29-20-5-1-4-19-18(20)3-2-10-22-19/h1-5,8,10,13,15-16H,6-7,9,11-12,14H2. The van der Waals surface area contributed by atoms with Gasteiger partial charge in [-0.1, -0.05) is 6.07 Å². The van der Waals surface area contributed by atoms with Gasteiger partial charge in [-0.15, -0.1) is 0 Å². The number of ether oxygens (including phenoxy) is 1. The molecule has 1 aliphatic heterocycles. The van der Waals surface area contributed by atoms with Gasteiger partial charge in [0.25, 0.3) is 11.5 Å². The molecule has 1 fully saturated rings. The van der Waals surface area contributed by atoms with Gasteiger partial charge in [-0.3, -0.25) is 20.0 Å². The zero-order valence-electron chi connectivity index (χ0n) is 15.9. The molecule has 0 spiro atoms. The van der Waals surface area contributed by atoms with Crippen molar-refractivity contribution in [1.29, 1.82) is 0 Å². The van der Waals surface area contributed by atoms with Crippen molar-refractivity contribution < 1.29 is 14.4 Å². The zero-order chi connectivity index (χ0) is 20.2. The predicted octanol–water partition coefficient (Wildman–Crippen LogP) is 3.46. The second-order valence-corrected chi connectivity index (χ2v) is 7.22. The molecule has 4 rings (SSSR count). The first-order valence-corrected chi connectivity index (χ1v) is 9.71. The van der Waals surface area contributed by atoms with Crippen LogP contribution in [-0.2, 0) is 0 Å². The van der Waals surface area contributed by atoms with Gasteiger partial charge >= 0.3 is 0 Å². The smallest absolute Gasteiger partial charge is 0.286 e. The molecule has 3 aromatic rings. The van der Waals surface area contributed by atoms with Crippen molar-refractivity contribution in [3.05, 3.63) is 70.2 Å². The lowest BCUT2D eigenvalue weighted by atomic mass is 9.94. The predicted molar refractivity (Wildman–Crippen MR) is 109 cm³/mol. The highest BCUT2D eigenvalue weighted by atomic mass is 16.6. The Morgan fingerprint density at radius 1 is 1.21 bits per heavy atom. The van der Waals surface area contributed by atoms with Gasteiger partial charge < -0.3 is 9.94 Å². The van der Waals surface area contributed by atoms with E-state index in [2.05, 4.69) is 4.98 Å². The summed E-state index contributed by atoms with van der Waals surface area (Å²) < 4.78 is 6.71. The van der Waals surface area contributed by atoms with E-state index in [-0.39, 0.29) is 5.69 Å². The van der Waals surface area contributed by atoms with Crippen LogP contribution >= 0.6 is 0 Å². The fourth-order valence-electron chi connectivity index (χ4n) is 3.80. The van der Waals surface area contributed by atoms with Crippen LogP contribution in [0.3, 0.4) is 0 Å². The summed E-state index contributed by atoms with van der Waals surface area (Å²) in [5.74, 6) is 1.69. The molecule has 2 aromatic heterocycles. The third kappa shape index (κ3) is 4.21. The summed E-state index contributed by atoms with van der Waals surface area (Å²) in [7, 11) is 0. The van der Waals surface area contributed by atoms with E-state index >= 15 is 0 Å². The first kappa shape index (κ1) is 18.9. The molecule has 3 heterocycles. The quantitative estimate of drug-likeness (QED) is 0.275. The number of nitro groups is 1. The van der Waals surface area contributed by atoms with Crippen molar-refractivity contribution in [3.8, 4) is 5.75 Å². The first-order valence-electron chi connectivity index (χ1n) is 9.71. The molecule has 1 aliphatic rings. The van der Waals surface area contributed by atoms with Crippen LogP contribution in [0, 0.1) is 21.2 Å². The lowest BCUT2D eigenvalue weighted by molar-refractivity contribution is -0.593. The Balaban J connectivity index is 1.31. The number of anilines is 1. The van der Waals surface area contributed by atoms with Crippen LogP contribution in [0.2, 0.25) is 0 Å². The SMILES string of the molecule is O=[N+]([O-])c1cc[n+]([O-])c(N2CCC(CCOc3cccc4ncccc34)CC2)c1. The Bertz CT molecular complexity index is 1010. The van der Waals surface area contributed by atoms with E-state index in [1.165, 1.54) is 18.3 Å². The number of rotatable bonds is 6. The molecule has 0 aliphatic carbocycles. The van der Waals surface area contributed by atoms with Crippen molar-refractivity contribution in [2.45, 2.75) is 19.3 Å². The maximum atomic E-state index is 12.0. The van der Waals surface area contributed by atoms with Crippen molar-refractivity contribution in [3.63, 3.8) is 0 Å². The molecular weight excluding hydrogens is 372 g/mol. The molecule has 0 amide bonds. The van der Waals surface area contributed by atoms with Crippen LogP contribution in [0.25, 0.3) is 10.9 Å².